The number of nitrogens with one attached hydrogen (secondary N) is 2. The Morgan fingerprint density at radius 3 is 2.71 bits per heavy atom. The number of ether oxygens (including phenoxy) is 1. The van der Waals surface area contributed by atoms with Crippen molar-refractivity contribution in [3.63, 3.8) is 0 Å². The van der Waals surface area contributed by atoms with Gasteiger partial charge in [-0.25, -0.2) is 9.37 Å². The minimum absolute atomic E-state index is 0.174. The van der Waals surface area contributed by atoms with Crippen molar-refractivity contribution < 1.29 is 9.13 Å². The maximum atomic E-state index is 14.0. The van der Waals surface area contributed by atoms with Gasteiger partial charge in [-0.3, -0.25) is 14.5 Å². The Labute approximate surface area is 196 Å². The number of anilines is 1. The third kappa shape index (κ3) is 3.91. The third-order valence-electron chi connectivity index (χ3n) is 6.32. The summed E-state index contributed by atoms with van der Waals surface area (Å²) < 4.78 is 21.4. The largest absolute Gasteiger partial charge is 0.379 e. The van der Waals surface area contributed by atoms with Crippen LogP contribution in [0.25, 0.3) is 16.5 Å². The number of fused-ring (bicyclic) bond motifs is 2. The molecule has 1 atom stereocenters. The molecule has 6 rings (SSSR count). The summed E-state index contributed by atoms with van der Waals surface area (Å²) in [5, 5.41) is 9.47. The van der Waals surface area contributed by atoms with Crippen molar-refractivity contribution in [1.29, 1.82) is 0 Å². The number of halogens is 1. The molecule has 3 heterocycles. The van der Waals surface area contributed by atoms with E-state index >= 15 is 0 Å². The van der Waals surface area contributed by atoms with Crippen LogP contribution in [-0.4, -0.2) is 52.9 Å². The number of hydrogen-bond donors (Lipinski definition) is 2. The van der Waals surface area contributed by atoms with Crippen molar-refractivity contribution in [1.82, 2.24) is 19.8 Å². The lowest BCUT2D eigenvalue weighted by molar-refractivity contribution is 0.0188. The summed E-state index contributed by atoms with van der Waals surface area (Å²) in [5.41, 5.74) is 2.58. The molecular weight excluding hydrogens is 431 g/mol. The zero-order chi connectivity index (χ0) is 22.9. The second-order valence-electron chi connectivity index (χ2n) is 8.43. The Bertz CT molecular complexity index is 1360. The van der Waals surface area contributed by atoms with Crippen molar-refractivity contribution in [2.45, 2.75) is 12.8 Å². The number of imidazole rings is 1. The molecule has 4 aromatic rings. The highest BCUT2D eigenvalue weighted by Gasteiger charge is 2.31. The smallest absolute Gasteiger partial charge is 0.158 e. The van der Waals surface area contributed by atoms with Gasteiger partial charge in [0.2, 0.25) is 0 Å². The molecule has 1 aromatic heterocycles. The normalized spacial score (nSPS) is 19.6. The molecule has 34 heavy (non-hydrogen) atoms. The number of benzene rings is 3. The maximum absolute atomic E-state index is 14.0. The topological polar surface area (TPSA) is 66.7 Å². The van der Waals surface area contributed by atoms with Crippen LogP contribution >= 0.6 is 0 Å². The number of aromatic nitrogens is 2. The van der Waals surface area contributed by atoms with Crippen LogP contribution in [0, 0.1) is 5.82 Å². The van der Waals surface area contributed by atoms with Crippen LogP contribution in [-0.2, 0) is 11.3 Å². The molecule has 0 aliphatic carbocycles. The fourth-order valence-corrected chi connectivity index (χ4v) is 4.58. The second-order valence-corrected chi connectivity index (χ2v) is 8.43. The van der Waals surface area contributed by atoms with Crippen molar-refractivity contribution in [2.24, 2.45) is 4.99 Å². The van der Waals surface area contributed by atoms with Crippen molar-refractivity contribution in [3.05, 3.63) is 90.1 Å². The van der Waals surface area contributed by atoms with E-state index in [0.29, 0.717) is 37.0 Å². The zero-order valence-corrected chi connectivity index (χ0v) is 18.6. The van der Waals surface area contributed by atoms with Gasteiger partial charge in [0.1, 0.15) is 23.7 Å². The van der Waals surface area contributed by atoms with E-state index < -0.39 is 0 Å². The van der Waals surface area contributed by atoms with Gasteiger partial charge < -0.3 is 15.4 Å². The maximum Gasteiger partial charge on any atom is 0.158 e. The van der Waals surface area contributed by atoms with E-state index in [1.807, 2.05) is 16.7 Å². The molecule has 172 valence electrons. The molecule has 2 aliphatic heterocycles. The summed E-state index contributed by atoms with van der Waals surface area (Å²) in [4.78, 5) is 11.9. The van der Waals surface area contributed by atoms with Gasteiger partial charge in [-0.05, 0) is 34.5 Å². The standard InChI is InChI=1S/C26H25FN6O/c27-20-8-4-9-21(15-20)33-17-29-23-24(30-26(31-25(23)33)32-11-13-34-14-12-32)28-16-19-7-3-6-18-5-1-2-10-22(18)19/h1-10,15,17,26,31H,11-14,16H2,(H,28,30). The minimum Gasteiger partial charge on any atom is -0.379 e. The highest BCUT2D eigenvalue weighted by Crippen LogP contribution is 2.26. The lowest BCUT2D eigenvalue weighted by Gasteiger charge is -2.38. The van der Waals surface area contributed by atoms with Gasteiger partial charge in [-0.1, -0.05) is 48.5 Å². The van der Waals surface area contributed by atoms with Crippen LogP contribution in [0.5, 0.6) is 0 Å². The van der Waals surface area contributed by atoms with E-state index in [-0.39, 0.29) is 12.1 Å². The number of hydrogen-bond acceptors (Lipinski definition) is 5. The molecule has 1 saturated heterocycles. The third-order valence-corrected chi connectivity index (χ3v) is 6.32. The van der Waals surface area contributed by atoms with Gasteiger partial charge in [0.05, 0.1) is 25.4 Å². The lowest BCUT2D eigenvalue weighted by Crippen LogP contribution is -2.58. The average Bonchev–Trinajstić information content (AvgIpc) is 3.32. The second kappa shape index (κ2) is 8.89. The highest BCUT2D eigenvalue weighted by atomic mass is 19.1. The summed E-state index contributed by atoms with van der Waals surface area (Å²) in [6, 6.07) is 21.1. The zero-order valence-electron chi connectivity index (χ0n) is 18.6. The van der Waals surface area contributed by atoms with Crippen molar-refractivity contribution >= 4 is 22.4 Å². The van der Waals surface area contributed by atoms with Gasteiger partial charge in [-0.2, -0.15) is 0 Å². The molecule has 1 unspecified atom stereocenters. The fraction of sp³-hybridized carbons (Fsp3) is 0.231. The first kappa shape index (κ1) is 20.8. The number of morpholine rings is 1. The summed E-state index contributed by atoms with van der Waals surface area (Å²) in [7, 11) is 0. The molecular formula is C26H25FN6O. The van der Waals surface area contributed by atoms with Gasteiger partial charge in [0.15, 0.2) is 12.1 Å². The van der Waals surface area contributed by atoms with Crippen molar-refractivity contribution in [2.75, 3.05) is 31.6 Å². The predicted molar refractivity (Wildman–Crippen MR) is 131 cm³/mol. The summed E-state index contributed by atoms with van der Waals surface area (Å²) in [5.74, 6) is 1.22. The average molecular weight is 457 g/mol. The van der Waals surface area contributed by atoms with Crippen LogP contribution in [0.1, 0.15) is 11.3 Å². The first-order valence-corrected chi connectivity index (χ1v) is 11.5. The SMILES string of the molecule is Fc1cccc(-n2cnc3c2NC(N2CCOCC2)NC3=NCc2cccc3ccccc23)c1. The van der Waals surface area contributed by atoms with E-state index in [1.54, 1.807) is 12.4 Å². The predicted octanol–water partition coefficient (Wildman–Crippen LogP) is 3.74. The molecule has 2 N–H and O–H groups in total. The van der Waals surface area contributed by atoms with E-state index in [0.717, 1.165) is 24.5 Å². The van der Waals surface area contributed by atoms with Gasteiger partial charge >= 0.3 is 0 Å². The Morgan fingerprint density at radius 1 is 1.00 bits per heavy atom. The molecule has 1 fully saturated rings. The van der Waals surface area contributed by atoms with Gasteiger partial charge in [-0.15, -0.1) is 0 Å². The molecule has 3 aromatic carbocycles. The molecule has 7 nitrogen and oxygen atoms in total. The summed E-state index contributed by atoms with van der Waals surface area (Å²) >= 11 is 0. The van der Waals surface area contributed by atoms with Crippen LogP contribution < -0.4 is 10.6 Å². The Morgan fingerprint density at radius 2 is 1.82 bits per heavy atom. The number of rotatable bonds is 4. The van der Waals surface area contributed by atoms with Crippen LogP contribution in [0.2, 0.25) is 0 Å². The number of nitrogens with zero attached hydrogens (tertiary/aromatic N) is 4. The lowest BCUT2D eigenvalue weighted by atomic mass is 10.0. The van der Waals surface area contributed by atoms with Gasteiger partial charge in [0, 0.05) is 13.1 Å². The Kier molecular flexibility index (Phi) is 5.44. The summed E-state index contributed by atoms with van der Waals surface area (Å²) in [6.07, 6.45) is 1.54. The molecule has 8 heteroatoms. The molecule has 0 bridgehead atoms. The highest BCUT2D eigenvalue weighted by molar-refractivity contribution is 6.03. The van der Waals surface area contributed by atoms with Crippen LogP contribution in [0.15, 0.2) is 78.0 Å². The first-order valence-electron chi connectivity index (χ1n) is 11.5. The molecule has 0 radical (unpaired) electrons. The van der Waals surface area contributed by atoms with Crippen LogP contribution in [0.3, 0.4) is 0 Å². The number of aliphatic imine (C=N–C) groups is 1. The molecule has 0 amide bonds. The van der Waals surface area contributed by atoms with E-state index in [9.17, 15) is 4.39 Å². The van der Waals surface area contributed by atoms with E-state index in [1.165, 1.54) is 22.9 Å². The van der Waals surface area contributed by atoms with E-state index in [4.69, 9.17) is 9.73 Å². The monoisotopic (exact) mass is 456 g/mol. The van der Waals surface area contributed by atoms with E-state index in [2.05, 4.69) is 56.9 Å². The van der Waals surface area contributed by atoms with Crippen molar-refractivity contribution in [3.8, 4) is 5.69 Å². The molecule has 0 saturated carbocycles. The minimum atomic E-state index is -0.288. The molecule has 0 spiro atoms. The molecule has 2 aliphatic rings. The fourth-order valence-electron chi connectivity index (χ4n) is 4.58. The first-order chi connectivity index (χ1) is 16.8. The van der Waals surface area contributed by atoms with Crippen LogP contribution in [0.4, 0.5) is 10.2 Å². The Hall–Kier alpha value is -3.75. The van der Waals surface area contributed by atoms with Gasteiger partial charge in [0.25, 0.3) is 0 Å². The quantitative estimate of drug-likeness (QED) is 0.490. The summed E-state index contributed by atoms with van der Waals surface area (Å²) in [6.45, 7) is 3.47. The number of amidine groups is 1. The Balaban J connectivity index is 1.39.